The lowest BCUT2D eigenvalue weighted by molar-refractivity contribution is 0.670. The van der Waals surface area contributed by atoms with Crippen LogP contribution in [0.1, 0.15) is 0 Å². The van der Waals surface area contributed by atoms with Crippen LogP contribution >= 0.6 is 11.3 Å². The van der Waals surface area contributed by atoms with Crippen LogP contribution in [-0.2, 0) is 0 Å². The standard InChI is InChI=1S/C58H37NOS/c1-5-16-38(17-6-1)42-29-31-50-54(36-42)60-57-45(41-22-11-4-12-23-41)33-35-52(56(50)57)59(51-34-32-44(40-20-9-3-10-21-40)46-24-13-14-25-47(46)51)53-27-15-26-49-48-30-28-43(37-55(48)61-58(49)53)39-18-7-2-8-19-39/h1-37H. The lowest BCUT2D eigenvalue weighted by atomic mass is 9.95. The summed E-state index contributed by atoms with van der Waals surface area (Å²) >= 11 is 1.87. The van der Waals surface area contributed by atoms with Crippen molar-refractivity contribution in [2.24, 2.45) is 0 Å². The lowest BCUT2D eigenvalue weighted by Crippen LogP contribution is -2.11. The first-order valence-corrected chi connectivity index (χ1v) is 21.6. The molecule has 0 unspecified atom stereocenters. The zero-order chi connectivity index (χ0) is 40.3. The highest BCUT2D eigenvalue weighted by molar-refractivity contribution is 7.26. The van der Waals surface area contributed by atoms with E-state index in [2.05, 4.69) is 229 Å². The summed E-state index contributed by atoms with van der Waals surface area (Å²) in [6.07, 6.45) is 0. The molecule has 0 saturated carbocycles. The van der Waals surface area contributed by atoms with Crippen LogP contribution in [0.15, 0.2) is 229 Å². The highest BCUT2D eigenvalue weighted by atomic mass is 32.1. The molecule has 0 aliphatic carbocycles. The van der Waals surface area contributed by atoms with Crippen LogP contribution in [0.5, 0.6) is 0 Å². The van der Waals surface area contributed by atoms with Gasteiger partial charge in [-0.25, -0.2) is 0 Å². The molecular formula is C58H37NOS. The Balaban J connectivity index is 1.17. The van der Waals surface area contributed by atoms with Gasteiger partial charge < -0.3 is 9.32 Å². The Labute approximate surface area is 357 Å². The second-order valence-corrected chi connectivity index (χ2v) is 16.6. The van der Waals surface area contributed by atoms with Gasteiger partial charge in [-0.15, -0.1) is 11.3 Å². The predicted molar refractivity (Wildman–Crippen MR) is 261 cm³/mol. The summed E-state index contributed by atoms with van der Waals surface area (Å²) in [5.41, 5.74) is 14.3. The zero-order valence-electron chi connectivity index (χ0n) is 33.1. The fraction of sp³-hybridized carbons (Fsp3) is 0. The summed E-state index contributed by atoms with van der Waals surface area (Å²) in [7, 11) is 0. The third-order valence-corrected chi connectivity index (χ3v) is 13.3. The highest BCUT2D eigenvalue weighted by Crippen LogP contribution is 2.52. The van der Waals surface area contributed by atoms with Crippen molar-refractivity contribution in [2.45, 2.75) is 0 Å². The minimum atomic E-state index is 0.860. The lowest BCUT2D eigenvalue weighted by Gasteiger charge is -2.29. The van der Waals surface area contributed by atoms with E-state index in [0.717, 1.165) is 61.3 Å². The van der Waals surface area contributed by atoms with Crippen molar-refractivity contribution in [3.8, 4) is 44.5 Å². The topological polar surface area (TPSA) is 16.4 Å². The number of benzene rings is 10. The molecule has 0 amide bonds. The molecule has 0 saturated heterocycles. The van der Waals surface area contributed by atoms with Gasteiger partial charge >= 0.3 is 0 Å². The van der Waals surface area contributed by atoms with Crippen molar-refractivity contribution in [2.75, 3.05) is 4.90 Å². The fourth-order valence-corrected chi connectivity index (χ4v) is 10.5. The quantitative estimate of drug-likeness (QED) is 0.160. The predicted octanol–water partition coefficient (Wildman–Crippen LogP) is 17.2. The number of nitrogens with zero attached hydrogens (tertiary/aromatic N) is 1. The van der Waals surface area contributed by atoms with E-state index in [9.17, 15) is 0 Å². The SMILES string of the molecule is c1ccc(-c2ccc3c(c2)oc2c(-c4ccccc4)ccc(N(c4ccc(-c5ccccc5)c5ccccc45)c4cccc5c4sc4cc(-c6ccccc6)ccc45)c23)cc1. The molecule has 0 N–H and O–H groups in total. The molecule has 2 nitrogen and oxygen atoms in total. The zero-order valence-corrected chi connectivity index (χ0v) is 33.9. The minimum absolute atomic E-state index is 0.860. The van der Waals surface area contributed by atoms with Gasteiger partial charge in [-0.2, -0.15) is 0 Å². The maximum absolute atomic E-state index is 7.09. The Morgan fingerprint density at radius 1 is 0.328 bits per heavy atom. The summed E-state index contributed by atoms with van der Waals surface area (Å²) in [5.74, 6) is 0. The first kappa shape index (κ1) is 35.2. The van der Waals surface area contributed by atoms with Crippen LogP contribution < -0.4 is 4.90 Å². The Kier molecular flexibility index (Phi) is 8.39. The summed E-state index contributed by atoms with van der Waals surface area (Å²) in [6.45, 7) is 0. The Bertz CT molecular complexity index is 3570. The molecule has 3 heteroatoms. The first-order valence-electron chi connectivity index (χ1n) is 20.7. The molecule has 61 heavy (non-hydrogen) atoms. The van der Waals surface area contributed by atoms with Gasteiger partial charge in [0.25, 0.3) is 0 Å². The average molecular weight is 796 g/mol. The molecule has 0 spiro atoms. The molecule has 2 heterocycles. The molecule has 286 valence electrons. The summed E-state index contributed by atoms with van der Waals surface area (Å²) in [6, 6.07) is 81.0. The van der Waals surface area contributed by atoms with E-state index in [1.54, 1.807) is 0 Å². The number of thiophene rings is 1. The van der Waals surface area contributed by atoms with Gasteiger partial charge in [0, 0.05) is 31.8 Å². The third-order valence-electron chi connectivity index (χ3n) is 12.1. The van der Waals surface area contributed by atoms with Gasteiger partial charge in [0.2, 0.25) is 0 Å². The number of anilines is 3. The summed E-state index contributed by atoms with van der Waals surface area (Å²) in [5, 5.41) is 7.04. The maximum atomic E-state index is 7.09. The summed E-state index contributed by atoms with van der Waals surface area (Å²) in [4.78, 5) is 2.50. The molecule has 0 aliphatic rings. The van der Waals surface area contributed by atoms with Crippen LogP contribution in [0, 0.1) is 0 Å². The van der Waals surface area contributed by atoms with Crippen molar-refractivity contribution in [3.05, 3.63) is 224 Å². The monoisotopic (exact) mass is 795 g/mol. The number of hydrogen-bond acceptors (Lipinski definition) is 3. The van der Waals surface area contributed by atoms with Gasteiger partial charge in [-0.05, 0) is 86.8 Å². The molecule has 0 aliphatic heterocycles. The normalized spacial score (nSPS) is 11.6. The van der Waals surface area contributed by atoms with Gasteiger partial charge in [0.05, 0.1) is 27.1 Å². The average Bonchev–Trinajstić information content (AvgIpc) is 3.92. The first-order chi connectivity index (χ1) is 30.3. The molecular weight excluding hydrogens is 759 g/mol. The molecule has 0 fully saturated rings. The largest absolute Gasteiger partial charge is 0.455 e. The van der Waals surface area contributed by atoms with Crippen molar-refractivity contribution in [1.82, 2.24) is 0 Å². The molecule has 0 atom stereocenters. The van der Waals surface area contributed by atoms with Gasteiger partial charge in [-0.3, -0.25) is 0 Å². The third kappa shape index (κ3) is 5.93. The molecule has 12 aromatic rings. The van der Waals surface area contributed by atoms with Crippen molar-refractivity contribution < 1.29 is 4.42 Å². The minimum Gasteiger partial charge on any atom is -0.455 e. The molecule has 12 rings (SSSR count). The van der Waals surface area contributed by atoms with E-state index < -0.39 is 0 Å². The number of hydrogen-bond donors (Lipinski definition) is 0. The van der Waals surface area contributed by atoms with Crippen LogP contribution in [0.2, 0.25) is 0 Å². The van der Waals surface area contributed by atoms with Crippen LogP contribution in [-0.4, -0.2) is 0 Å². The molecule has 2 aromatic heterocycles. The van der Waals surface area contributed by atoms with Gasteiger partial charge in [0.1, 0.15) is 11.2 Å². The van der Waals surface area contributed by atoms with Crippen LogP contribution in [0.25, 0.3) is 97.4 Å². The molecule has 0 radical (unpaired) electrons. The Hall–Kier alpha value is -7.72. The van der Waals surface area contributed by atoms with E-state index >= 15 is 0 Å². The summed E-state index contributed by atoms with van der Waals surface area (Å²) < 4.78 is 9.59. The van der Waals surface area contributed by atoms with E-state index in [1.165, 1.54) is 53.2 Å². The second-order valence-electron chi connectivity index (χ2n) is 15.6. The van der Waals surface area contributed by atoms with E-state index in [1.807, 2.05) is 11.3 Å². The van der Waals surface area contributed by atoms with Crippen molar-refractivity contribution in [1.29, 1.82) is 0 Å². The van der Waals surface area contributed by atoms with Crippen molar-refractivity contribution >= 4 is 81.3 Å². The maximum Gasteiger partial charge on any atom is 0.145 e. The van der Waals surface area contributed by atoms with Crippen molar-refractivity contribution in [3.63, 3.8) is 0 Å². The molecule has 0 bridgehead atoms. The Morgan fingerprint density at radius 3 is 1.56 bits per heavy atom. The van der Waals surface area contributed by atoms with Crippen LogP contribution in [0.3, 0.4) is 0 Å². The van der Waals surface area contributed by atoms with E-state index in [4.69, 9.17) is 4.42 Å². The van der Waals surface area contributed by atoms with Gasteiger partial charge in [0.15, 0.2) is 0 Å². The number of furan rings is 1. The van der Waals surface area contributed by atoms with E-state index in [0.29, 0.717) is 0 Å². The van der Waals surface area contributed by atoms with Crippen LogP contribution in [0.4, 0.5) is 17.1 Å². The fourth-order valence-electron chi connectivity index (χ4n) is 9.21. The second kappa shape index (κ2) is 14.5. The molecule has 10 aromatic carbocycles. The number of fused-ring (bicyclic) bond motifs is 7. The number of rotatable bonds is 7. The van der Waals surface area contributed by atoms with Gasteiger partial charge in [-0.1, -0.05) is 182 Å². The van der Waals surface area contributed by atoms with E-state index in [-0.39, 0.29) is 0 Å². The Morgan fingerprint density at radius 2 is 0.869 bits per heavy atom. The highest BCUT2D eigenvalue weighted by Gasteiger charge is 2.26. The smallest absolute Gasteiger partial charge is 0.145 e.